The van der Waals surface area contributed by atoms with Gasteiger partial charge in [-0.05, 0) is 43.2 Å². The van der Waals surface area contributed by atoms with Crippen molar-refractivity contribution in [3.05, 3.63) is 101 Å². The number of hydrogen-bond acceptors (Lipinski definition) is 10. The zero-order valence-corrected chi connectivity index (χ0v) is 26.7. The molecule has 14 nitrogen and oxygen atoms in total. The maximum absolute atomic E-state index is 13.8. The molecule has 0 aliphatic carbocycles. The number of halogens is 4. The lowest BCUT2D eigenvalue weighted by molar-refractivity contribution is -0.141. The highest BCUT2D eigenvalue weighted by Crippen LogP contribution is 2.34. The fourth-order valence-corrected chi connectivity index (χ4v) is 5.88. The van der Waals surface area contributed by atoms with Gasteiger partial charge in [-0.2, -0.15) is 18.3 Å². The highest BCUT2D eigenvalue weighted by atomic mass is 35.5. The number of hydrogen-bond donors (Lipinski definition) is 2. The monoisotopic (exact) mass is 703 g/mol. The van der Waals surface area contributed by atoms with Crippen molar-refractivity contribution in [1.82, 2.24) is 49.3 Å². The molecule has 6 heterocycles. The second kappa shape index (κ2) is 12.8. The van der Waals surface area contributed by atoms with Gasteiger partial charge in [-0.1, -0.05) is 30.2 Å². The van der Waals surface area contributed by atoms with Crippen molar-refractivity contribution in [1.29, 1.82) is 0 Å². The van der Waals surface area contributed by atoms with Gasteiger partial charge >= 0.3 is 6.18 Å². The van der Waals surface area contributed by atoms with E-state index in [1.807, 2.05) is 0 Å². The van der Waals surface area contributed by atoms with Gasteiger partial charge in [-0.15, -0.1) is 5.10 Å². The van der Waals surface area contributed by atoms with Crippen molar-refractivity contribution < 1.29 is 23.1 Å². The molecule has 254 valence electrons. The van der Waals surface area contributed by atoms with Crippen molar-refractivity contribution in [2.75, 3.05) is 5.32 Å². The standard InChI is InChI=1S/C32H25ClF3N11O3/c1-17-3-2-4-25(22-9-18(7-8-38-22)29-23(41-30(17)49)13-46(43-29)26-12-37-15-39-31(26)50)45-16-40-21(11-28(45)48)20-10-19(33)5-6-24(20)47-14-27(42-44-47)32(34,35)36/h5-17,25H,2-4H2,1H3,(H,41,49)(H,37,39,50)/t17-,25+/m1/s1. The predicted octanol–water partition coefficient (Wildman–Crippen LogP) is 5.25. The number of anilines is 1. The molecule has 0 saturated heterocycles. The molecule has 0 fully saturated rings. The van der Waals surface area contributed by atoms with Crippen LogP contribution < -0.4 is 10.9 Å². The first kappa shape index (κ1) is 32.6. The summed E-state index contributed by atoms with van der Waals surface area (Å²) in [5.74, 6) is -0.943. The average Bonchev–Trinajstić information content (AvgIpc) is 3.75. The van der Waals surface area contributed by atoms with E-state index in [1.54, 1.807) is 31.5 Å². The van der Waals surface area contributed by atoms with Crippen LogP contribution >= 0.6 is 11.6 Å². The van der Waals surface area contributed by atoms with Crippen LogP contribution in [0.1, 0.15) is 43.6 Å². The molecule has 1 aromatic carbocycles. The molecule has 2 N–H and O–H groups in total. The molecule has 0 saturated carbocycles. The Hall–Kier alpha value is -5.97. The van der Waals surface area contributed by atoms with E-state index in [0.717, 1.165) is 10.9 Å². The molecule has 2 atom stereocenters. The molecule has 0 spiro atoms. The fourth-order valence-electron chi connectivity index (χ4n) is 5.71. The quantitative estimate of drug-likeness (QED) is 0.247. The van der Waals surface area contributed by atoms with E-state index in [2.05, 4.69) is 40.7 Å². The number of amides is 1. The summed E-state index contributed by atoms with van der Waals surface area (Å²) in [5, 5.41) is 25.0. The van der Waals surface area contributed by atoms with Gasteiger partial charge in [-0.25, -0.2) is 24.3 Å². The van der Waals surface area contributed by atoms with Crippen LogP contribution in [0.2, 0.25) is 5.02 Å². The lowest BCUT2D eigenvalue weighted by Crippen LogP contribution is -2.27. The summed E-state index contributed by atoms with van der Waals surface area (Å²) in [6.45, 7) is 1.80. The highest BCUT2D eigenvalue weighted by Gasteiger charge is 2.35. The number of carbonyl (C=O) groups is 1. The Kier molecular flexibility index (Phi) is 8.35. The largest absolute Gasteiger partial charge is 0.492 e. The Morgan fingerprint density at radius 1 is 1.00 bits per heavy atom. The molecule has 6 aromatic rings. The van der Waals surface area contributed by atoms with E-state index >= 15 is 0 Å². The lowest BCUT2D eigenvalue weighted by atomic mass is 9.97. The summed E-state index contributed by atoms with van der Waals surface area (Å²) < 4.78 is 43.5. The third-order valence-electron chi connectivity index (χ3n) is 8.29. The molecule has 1 aliphatic rings. The molecule has 50 heavy (non-hydrogen) atoms. The summed E-state index contributed by atoms with van der Waals surface area (Å²) in [7, 11) is 0. The SMILES string of the molecule is C[C@@H]1CCC[C@H](n2cnc(-c3cc(Cl)ccc3-n3cc(C(F)(F)F)nn3)cc2=O)c2cc(ccn2)-c2nn(-c3cncnc3O)cc2NC1=O. The number of nitrogens with zero attached hydrogens (tertiary/aromatic N) is 10. The van der Waals surface area contributed by atoms with Gasteiger partial charge in [0.1, 0.15) is 17.7 Å². The first-order valence-corrected chi connectivity index (χ1v) is 15.6. The van der Waals surface area contributed by atoms with E-state index in [4.69, 9.17) is 11.6 Å². The van der Waals surface area contributed by atoms with Crippen molar-refractivity contribution in [3.8, 4) is 39.8 Å². The first-order valence-electron chi connectivity index (χ1n) is 15.2. The molecule has 1 amide bonds. The van der Waals surface area contributed by atoms with Crippen molar-refractivity contribution in [3.63, 3.8) is 0 Å². The van der Waals surface area contributed by atoms with Gasteiger partial charge in [0.25, 0.3) is 5.56 Å². The minimum atomic E-state index is -4.70. The molecular weight excluding hydrogens is 679 g/mol. The third kappa shape index (κ3) is 6.29. The van der Waals surface area contributed by atoms with Crippen LogP contribution in [-0.4, -0.2) is 60.3 Å². The van der Waals surface area contributed by atoms with Crippen LogP contribution in [0.4, 0.5) is 18.9 Å². The van der Waals surface area contributed by atoms with Gasteiger partial charge in [-0.3, -0.25) is 19.1 Å². The number of rotatable bonds is 4. The molecule has 1 aliphatic heterocycles. The van der Waals surface area contributed by atoms with E-state index in [9.17, 15) is 27.9 Å². The maximum atomic E-state index is 13.8. The first-order chi connectivity index (χ1) is 24.0. The summed E-state index contributed by atoms with van der Waals surface area (Å²) in [5.41, 5.74) is 1.01. The van der Waals surface area contributed by atoms with Gasteiger partial charge in [0.05, 0.1) is 53.7 Å². The zero-order chi connectivity index (χ0) is 35.2. The van der Waals surface area contributed by atoms with Crippen molar-refractivity contribution in [2.24, 2.45) is 5.92 Å². The van der Waals surface area contributed by atoms with Crippen LogP contribution in [0, 0.1) is 5.92 Å². The number of carbonyl (C=O) groups excluding carboxylic acids is 1. The van der Waals surface area contributed by atoms with E-state index in [1.165, 1.54) is 52.4 Å². The second-order valence-electron chi connectivity index (χ2n) is 11.6. The Morgan fingerprint density at radius 3 is 2.60 bits per heavy atom. The Labute approximate surface area is 285 Å². The second-order valence-corrected chi connectivity index (χ2v) is 12.0. The Balaban J connectivity index is 1.30. The van der Waals surface area contributed by atoms with Crippen molar-refractivity contribution >= 4 is 23.2 Å². The smallest absolute Gasteiger partial charge is 0.436 e. The maximum Gasteiger partial charge on any atom is 0.436 e. The number of nitrogens with one attached hydrogen (secondary N) is 1. The summed E-state index contributed by atoms with van der Waals surface area (Å²) >= 11 is 6.25. The fraction of sp³-hybridized carbons (Fsp3) is 0.219. The van der Waals surface area contributed by atoms with Gasteiger partial charge in [0.15, 0.2) is 5.69 Å². The Bertz CT molecular complexity index is 2300. The molecule has 7 rings (SSSR count). The summed E-state index contributed by atoms with van der Waals surface area (Å²) in [4.78, 5) is 43.9. The van der Waals surface area contributed by atoms with Crippen molar-refractivity contribution in [2.45, 2.75) is 38.4 Å². The zero-order valence-electron chi connectivity index (χ0n) is 26.0. The minimum absolute atomic E-state index is 0.149. The van der Waals surface area contributed by atoms with E-state index in [0.29, 0.717) is 41.9 Å². The van der Waals surface area contributed by atoms with E-state index in [-0.39, 0.29) is 39.4 Å². The number of aromatic hydroxyl groups is 1. The molecular formula is C32H25ClF3N11O3. The summed E-state index contributed by atoms with van der Waals surface area (Å²) in [6.07, 6.45) is 4.55. The normalized spacial score (nSPS) is 16.6. The van der Waals surface area contributed by atoms with Crippen LogP contribution in [0.3, 0.4) is 0 Å². The number of pyridine rings is 1. The molecule has 18 heteroatoms. The molecule has 0 unspecified atom stereocenters. The van der Waals surface area contributed by atoms with Crippen LogP contribution in [0.15, 0.2) is 78.6 Å². The van der Waals surface area contributed by atoms with Gasteiger partial charge < -0.3 is 10.4 Å². The molecule has 2 bridgehead atoms. The molecule has 5 aromatic heterocycles. The highest BCUT2D eigenvalue weighted by molar-refractivity contribution is 6.31. The van der Waals surface area contributed by atoms with Crippen LogP contribution in [-0.2, 0) is 11.0 Å². The number of alkyl halides is 3. The van der Waals surface area contributed by atoms with Crippen LogP contribution in [0.25, 0.3) is 33.9 Å². The number of aromatic nitrogens is 10. The molecule has 0 radical (unpaired) electrons. The minimum Gasteiger partial charge on any atom is -0.492 e. The average molecular weight is 704 g/mol. The van der Waals surface area contributed by atoms with Gasteiger partial charge in [0, 0.05) is 34.3 Å². The van der Waals surface area contributed by atoms with E-state index < -0.39 is 29.4 Å². The predicted molar refractivity (Wildman–Crippen MR) is 173 cm³/mol. The number of fused-ring (bicyclic) bond motifs is 4. The Morgan fingerprint density at radius 2 is 1.84 bits per heavy atom. The third-order valence-corrected chi connectivity index (χ3v) is 8.52. The van der Waals surface area contributed by atoms with Crippen LogP contribution in [0.5, 0.6) is 5.88 Å². The van der Waals surface area contributed by atoms with Gasteiger partial charge in [0.2, 0.25) is 11.8 Å². The topological polar surface area (TPSA) is 171 Å². The number of benzene rings is 1. The summed E-state index contributed by atoms with van der Waals surface area (Å²) in [6, 6.07) is 8.53. The lowest BCUT2D eigenvalue weighted by Gasteiger charge is -2.22.